The van der Waals surface area contributed by atoms with Gasteiger partial charge in [0.05, 0.1) is 15.7 Å². The minimum atomic E-state index is -0.318. The van der Waals surface area contributed by atoms with Crippen molar-refractivity contribution in [2.24, 2.45) is 0 Å². The van der Waals surface area contributed by atoms with Crippen molar-refractivity contribution >= 4 is 48.9 Å². The Hall–Kier alpha value is -3.44. The Labute approximate surface area is 231 Å². The maximum atomic E-state index is 14.7. The van der Waals surface area contributed by atoms with Crippen LogP contribution >= 0.6 is 15.9 Å². The zero-order chi connectivity index (χ0) is 27.4. The Morgan fingerprint density at radius 1 is 0.868 bits per heavy atom. The highest BCUT2D eigenvalue weighted by Crippen LogP contribution is 2.41. The van der Waals surface area contributed by atoms with Crippen LogP contribution in [0.3, 0.4) is 0 Å². The number of rotatable bonds is 2. The van der Waals surface area contributed by atoms with Crippen LogP contribution in [0.25, 0.3) is 50.0 Å². The third-order valence-corrected chi connectivity index (χ3v) is 7.79. The van der Waals surface area contributed by atoms with Gasteiger partial charge in [0.2, 0.25) is 0 Å². The van der Waals surface area contributed by atoms with Crippen LogP contribution in [0.5, 0.6) is 0 Å². The molecule has 0 amide bonds. The molecule has 0 bridgehead atoms. The molecule has 5 heteroatoms. The molecular weight excluding hydrogens is 539 g/mol. The molecule has 0 N–H and O–H groups in total. The van der Waals surface area contributed by atoms with Gasteiger partial charge in [0.25, 0.3) is 0 Å². The fraction of sp³-hybridized carbons (Fsp3) is 0.242. The van der Waals surface area contributed by atoms with Crippen LogP contribution in [0.15, 0.2) is 75.6 Å². The summed E-state index contributed by atoms with van der Waals surface area (Å²) >= 11 is 3.49. The van der Waals surface area contributed by atoms with Crippen LogP contribution in [0.2, 0.25) is 0 Å². The van der Waals surface area contributed by atoms with E-state index < -0.39 is 0 Å². The van der Waals surface area contributed by atoms with E-state index in [2.05, 4.69) is 86.9 Å². The molecule has 6 aromatic rings. The number of aryl methyl sites for hydroxylation is 2. The summed E-state index contributed by atoms with van der Waals surface area (Å²) in [4.78, 5) is 5.17. The van der Waals surface area contributed by atoms with E-state index in [0.29, 0.717) is 10.2 Å². The standard InChI is InChI=1S/C31H26BrFN2O.C2H6/c1-17-8-6-9-18(2)26(17)30-34-28-24(35(30)23-11-7-10-22(33)27(23)32)14-13-20-21-16-19(31(3,4)5)12-15-25(21)36-29(20)28;1-2/h6-16H,1-5H3;1-2H3. The van der Waals surface area contributed by atoms with Crippen molar-refractivity contribution in [3.05, 3.63) is 93.7 Å². The summed E-state index contributed by atoms with van der Waals surface area (Å²) in [6.07, 6.45) is 0. The zero-order valence-electron chi connectivity index (χ0n) is 22.9. The van der Waals surface area contributed by atoms with Gasteiger partial charge in [0, 0.05) is 16.3 Å². The number of halogens is 2. The van der Waals surface area contributed by atoms with Crippen molar-refractivity contribution in [1.82, 2.24) is 9.55 Å². The highest BCUT2D eigenvalue weighted by Gasteiger charge is 2.24. The predicted molar refractivity (Wildman–Crippen MR) is 161 cm³/mol. The first-order valence-electron chi connectivity index (χ1n) is 13.0. The number of nitrogens with zero attached hydrogens (tertiary/aromatic N) is 2. The molecule has 0 spiro atoms. The summed E-state index contributed by atoms with van der Waals surface area (Å²) in [5, 5.41) is 2.11. The average molecular weight is 572 g/mol. The summed E-state index contributed by atoms with van der Waals surface area (Å²) in [7, 11) is 0. The first-order valence-corrected chi connectivity index (χ1v) is 13.8. The Kier molecular flexibility index (Phi) is 6.68. The molecule has 0 aliphatic carbocycles. The third kappa shape index (κ3) is 4.14. The van der Waals surface area contributed by atoms with E-state index in [1.165, 1.54) is 11.6 Å². The second-order valence-electron chi connectivity index (χ2n) is 10.5. The van der Waals surface area contributed by atoms with Crippen LogP contribution < -0.4 is 0 Å². The van der Waals surface area contributed by atoms with Gasteiger partial charge < -0.3 is 4.42 Å². The van der Waals surface area contributed by atoms with E-state index in [1.807, 2.05) is 36.6 Å². The molecule has 194 valence electrons. The first kappa shape index (κ1) is 26.2. The molecule has 38 heavy (non-hydrogen) atoms. The molecule has 0 aliphatic rings. The lowest BCUT2D eigenvalue weighted by Gasteiger charge is -2.18. The smallest absolute Gasteiger partial charge is 0.163 e. The number of hydrogen-bond donors (Lipinski definition) is 0. The van der Waals surface area contributed by atoms with Crippen molar-refractivity contribution in [3.8, 4) is 17.1 Å². The number of fused-ring (bicyclic) bond motifs is 5. The number of imidazole rings is 1. The van der Waals surface area contributed by atoms with Gasteiger partial charge in [-0.1, -0.05) is 65.0 Å². The number of benzene rings is 4. The van der Waals surface area contributed by atoms with Crippen LogP contribution in [-0.4, -0.2) is 9.55 Å². The van der Waals surface area contributed by atoms with E-state index >= 15 is 0 Å². The molecule has 0 unspecified atom stereocenters. The van der Waals surface area contributed by atoms with E-state index in [4.69, 9.17) is 9.40 Å². The first-order chi connectivity index (χ1) is 18.1. The van der Waals surface area contributed by atoms with Crippen LogP contribution in [0, 0.1) is 19.7 Å². The zero-order valence-corrected chi connectivity index (χ0v) is 24.5. The number of aromatic nitrogens is 2. The Morgan fingerprint density at radius 2 is 1.55 bits per heavy atom. The Morgan fingerprint density at radius 3 is 2.24 bits per heavy atom. The van der Waals surface area contributed by atoms with Gasteiger partial charge in [-0.2, -0.15) is 0 Å². The average Bonchev–Trinajstić information content (AvgIpc) is 3.44. The lowest BCUT2D eigenvalue weighted by Crippen LogP contribution is -2.10. The van der Waals surface area contributed by atoms with E-state index in [-0.39, 0.29) is 11.2 Å². The fourth-order valence-electron chi connectivity index (χ4n) is 5.08. The minimum absolute atomic E-state index is 0.0304. The van der Waals surface area contributed by atoms with Gasteiger partial charge in [-0.15, -0.1) is 0 Å². The highest BCUT2D eigenvalue weighted by atomic mass is 79.9. The summed E-state index contributed by atoms with van der Waals surface area (Å²) in [5.41, 5.74) is 8.42. The molecule has 2 heterocycles. The second-order valence-corrected chi connectivity index (χ2v) is 11.3. The summed E-state index contributed by atoms with van der Waals surface area (Å²) < 4.78 is 23.5. The second kappa shape index (κ2) is 9.70. The van der Waals surface area contributed by atoms with Crippen LogP contribution in [-0.2, 0) is 5.41 Å². The van der Waals surface area contributed by atoms with Gasteiger partial charge in [-0.3, -0.25) is 4.57 Å². The minimum Gasteiger partial charge on any atom is -0.454 e. The molecule has 6 rings (SSSR count). The lowest BCUT2D eigenvalue weighted by atomic mass is 9.86. The van der Waals surface area contributed by atoms with Crippen LogP contribution in [0.4, 0.5) is 4.39 Å². The van der Waals surface area contributed by atoms with Crippen LogP contribution in [0.1, 0.15) is 51.3 Å². The number of hydrogen-bond acceptors (Lipinski definition) is 2. The predicted octanol–water partition coefficient (Wildman–Crippen LogP) is 10.4. The van der Waals surface area contributed by atoms with Crippen molar-refractivity contribution in [2.75, 3.05) is 0 Å². The summed E-state index contributed by atoms with van der Waals surface area (Å²) in [6.45, 7) is 14.8. The quantitative estimate of drug-likeness (QED) is 0.207. The molecule has 0 saturated carbocycles. The largest absolute Gasteiger partial charge is 0.454 e. The molecule has 0 fully saturated rings. The Bertz CT molecular complexity index is 1800. The van der Waals surface area contributed by atoms with Crippen molar-refractivity contribution in [3.63, 3.8) is 0 Å². The van der Waals surface area contributed by atoms with Gasteiger partial charge in [0.1, 0.15) is 22.7 Å². The van der Waals surface area contributed by atoms with E-state index in [9.17, 15) is 4.39 Å². The molecular formula is C33H32BrFN2O. The molecule has 0 saturated heterocycles. The van der Waals surface area contributed by atoms with Gasteiger partial charge in [0.15, 0.2) is 5.58 Å². The molecule has 0 radical (unpaired) electrons. The van der Waals surface area contributed by atoms with Gasteiger partial charge >= 0.3 is 0 Å². The normalized spacial score (nSPS) is 11.8. The van der Waals surface area contributed by atoms with Gasteiger partial charge in [-0.25, -0.2) is 9.37 Å². The molecule has 0 aliphatic heterocycles. The highest BCUT2D eigenvalue weighted by molar-refractivity contribution is 9.10. The van der Waals surface area contributed by atoms with Crippen molar-refractivity contribution < 1.29 is 8.81 Å². The van der Waals surface area contributed by atoms with E-state index in [1.54, 1.807) is 6.07 Å². The fourth-order valence-corrected chi connectivity index (χ4v) is 5.53. The molecule has 2 aromatic heterocycles. The lowest BCUT2D eigenvalue weighted by molar-refractivity contribution is 0.590. The topological polar surface area (TPSA) is 31.0 Å². The summed E-state index contributed by atoms with van der Waals surface area (Å²) in [5.74, 6) is 0.441. The molecule has 0 atom stereocenters. The van der Waals surface area contributed by atoms with Gasteiger partial charge in [-0.05, 0) is 88.3 Å². The van der Waals surface area contributed by atoms with Crippen molar-refractivity contribution in [1.29, 1.82) is 0 Å². The molecule has 3 nitrogen and oxygen atoms in total. The Balaban J connectivity index is 0.00000144. The molecule has 4 aromatic carbocycles. The number of furan rings is 1. The third-order valence-electron chi connectivity index (χ3n) is 7.01. The van der Waals surface area contributed by atoms with E-state index in [0.717, 1.165) is 55.5 Å². The maximum absolute atomic E-state index is 14.7. The summed E-state index contributed by atoms with van der Waals surface area (Å²) in [6, 6.07) is 21.9. The van der Waals surface area contributed by atoms with Crippen molar-refractivity contribution in [2.45, 2.75) is 53.9 Å². The maximum Gasteiger partial charge on any atom is 0.163 e. The SMILES string of the molecule is CC.Cc1cccc(C)c1-c1nc2c3oc4ccc(C(C)(C)C)cc4c3ccc2n1-c1cccc(F)c1Br. The monoisotopic (exact) mass is 570 g/mol.